The highest BCUT2D eigenvalue weighted by atomic mass is 35.5. The third-order valence-electron chi connectivity index (χ3n) is 4.47. The van der Waals surface area contributed by atoms with Crippen molar-refractivity contribution in [1.29, 1.82) is 0 Å². The van der Waals surface area contributed by atoms with Gasteiger partial charge in [0.25, 0.3) is 0 Å². The maximum atomic E-state index is 8.97. The van der Waals surface area contributed by atoms with Crippen molar-refractivity contribution in [3.05, 3.63) is 63.5 Å². The van der Waals surface area contributed by atoms with Gasteiger partial charge in [0.05, 0.1) is 21.4 Å². The quantitative estimate of drug-likeness (QED) is 0.543. The molecule has 8 nitrogen and oxygen atoms in total. The number of rotatable bonds is 3. The van der Waals surface area contributed by atoms with Gasteiger partial charge in [-0.15, -0.1) is 0 Å². The Morgan fingerprint density at radius 3 is 2.27 bits per heavy atom. The van der Waals surface area contributed by atoms with Crippen molar-refractivity contribution in [2.24, 2.45) is 5.14 Å². The van der Waals surface area contributed by atoms with E-state index in [1.54, 1.807) is 6.07 Å². The van der Waals surface area contributed by atoms with Crippen LogP contribution < -0.4 is 10.0 Å². The van der Waals surface area contributed by atoms with Gasteiger partial charge in [-0.25, -0.2) is 10.1 Å². The summed E-state index contributed by atoms with van der Waals surface area (Å²) in [6, 6.07) is 9.48. The number of pyridine rings is 1. The van der Waals surface area contributed by atoms with Crippen molar-refractivity contribution < 1.29 is 13.0 Å². The second kappa shape index (κ2) is 9.69. The molecule has 12 heteroatoms. The maximum Gasteiger partial charge on any atom is 0.330 e. The van der Waals surface area contributed by atoms with Crippen molar-refractivity contribution in [2.75, 3.05) is 31.1 Å². The largest absolute Gasteiger partial charge is 0.368 e. The first kappa shape index (κ1) is 23.1. The van der Waals surface area contributed by atoms with Crippen LogP contribution in [-0.2, 0) is 16.8 Å². The molecule has 4 rings (SSSR count). The number of anilines is 1. The summed E-state index contributed by atoms with van der Waals surface area (Å²) >= 11 is 18.3. The van der Waals surface area contributed by atoms with E-state index >= 15 is 0 Å². The molecule has 1 aliphatic heterocycles. The van der Waals surface area contributed by atoms with Crippen LogP contribution in [0.25, 0.3) is 5.65 Å². The monoisotopic (exact) mass is 491 g/mol. The number of hydrogen-bond acceptors (Lipinski definition) is 5. The Morgan fingerprint density at radius 2 is 1.63 bits per heavy atom. The first-order valence-corrected chi connectivity index (χ1v) is 11.5. The second-order valence-corrected chi connectivity index (χ2v) is 9.03. The maximum absolute atomic E-state index is 8.97. The summed E-state index contributed by atoms with van der Waals surface area (Å²) in [6.45, 7) is 4.63. The first-order valence-electron chi connectivity index (χ1n) is 8.89. The van der Waals surface area contributed by atoms with E-state index in [1.165, 1.54) is 0 Å². The summed E-state index contributed by atoms with van der Waals surface area (Å²) in [5.41, 5.74) is 3.03. The van der Waals surface area contributed by atoms with Crippen molar-refractivity contribution >= 4 is 56.4 Å². The van der Waals surface area contributed by atoms with Crippen molar-refractivity contribution in [2.45, 2.75) is 6.54 Å². The molecule has 2 aromatic heterocycles. The van der Waals surface area contributed by atoms with Crippen LogP contribution in [0.1, 0.15) is 5.69 Å². The summed E-state index contributed by atoms with van der Waals surface area (Å²) < 4.78 is 27.2. The number of hydrogen-bond donors (Lipinski definition) is 2. The van der Waals surface area contributed by atoms with Gasteiger partial charge in [0.15, 0.2) is 0 Å². The molecule has 3 heterocycles. The van der Waals surface area contributed by atoms with Crippen LogP contribution in [0.4, 0.5) is 5.69 Å². The van der Waals surface area contributed by atoms with Crippen molar-refractivity contribution in [3.8, 4) is 0 Å². The lowest BCUT2D eigenvalue weighted by Gasteiger charge is -2.36. The molecule has 0 saturated carbocycles. The van der Waals surface area contributed by atoms with Crippen LogP contribution in [0.3, 0.4) is 0 Å². The molecule has 1 aromatic carbocycles. The third kappa shape index (κ3) is 6.71. The zero-order chi connectivity index (χ0) is 21.9. The summed E-state index contributed by atoms with van der Waals surface area (Å²) in [6.07, 6.45) is 3.93. The Kier molecular flexibility index (Phi) is 7.46. The molecule has 0 aliphatic carbocycles. The molecular weight excluding hydrogens is 473 g/mol. The molecule has 0 amide bonds. The number of nitrogens with two attached hydrogens (primary N) is 1. The van der Waals surface area contributed by atoms with Gasteiger partial charge in [-0.3, -0.25) is 9.45 Å². The minimum atomic E-state index is -4.17. The van der Waals surface area contributed by atoms with E-state index in [4.69, 9.17) is 47.8 Å². The zero-order valence-corrected chi connectivity index (χ0v) is 18.8. The molecule has 30 heavy (non-hydrogen) atoms. The smallest absolute Gasteiger partial charge is 0.330 e. The summed E-state index contributed by atoms with van der Waals surface area (Å²) in [4.78, 5) is 9.37. The molecule has 0 spiro atoms. The van der Waals surface area contributed by atoms with E-state index in [-0.39, 0.29) is 0 Å². The molecule has 0 bridgehead atoms. The fourth-order valence-corrected chi connectivity index (χ4v) is 3.90. The van der Waals surface area contributed by atoms with Crippen LogP contribution in [0.15, 0.2) is 42.7 Å². The molecule has 0 unspecified atom stereocenters. The van der Waals surface area contributed by atoms with Gasteiger partial charge in [0.1, 0.15) is 5.65 Å². The van der Waals surface area contributed by atoms with Crippen LogP contribution in [0.2, 0.25) is 15.1 Å². The number of fused-ring (bicyclic) bond motifs is 1. The first-order chi connectivity index (χ1) is 14.1. The molecule has 1 saturated heterocycles. The fourth-order valence-electron chi connectivity index (χ4n) is 3.21. The molecule has 0 atom stereocenters. The predicted octanol–water partition coefficient (Wildman–Crippen LogP) is 3.36. The minimum absolute atomic E-state index is 0.666. The summed E-state index contributed by atoms with van der Waals surface area (Å²) in [7, 11) is -4.17. The number of imidazole rings is 1. The molecule has 1 fully saturated rings. The van der Waals surface area contributed by atoms with Gasteiger partial charge in [0.2, 0.25) is 0 Å². The highest BCUT2D eigenvalue weighted by molar-refractivity contribution is 7.83. The second-order valence-electron chi connectivity index (χ2n) is 6.72. The summed E-state index contributed by atoms with van der Waals surface area (Å²) in [5, 5.41) is 5.97. The van der Waals surface area contributed by atoms with Crippen molar-refractivity contribution in [1.82, 2.24) is 14.3 Å². The average molecular weight is 493 g/mol. The lowest BCUT2D eigenvalue weighted by molar-refractivity contribution is 0.247. The molecule has 3 N–H and O–H groups in total. The summed E-state index contributed by atoms with van der Waals surface area (Å²) in [5.74, 6) is 0. The minimum Gasteiger partial charge on any atom is -0.368 e. The van der Waals surface area contributed by atoms with Crippen LogP contribution in [-0.4, -0.2) is 53.4 Å². The fraction of sp³-hybridized carbons (Fsp3) is 0.278. The third-order valence-corrected chi connectivity index (χ3v) is 5.23. The Balaban J connectivity index is 0.000000461. The number of nitrogens with zero attached hydrogens (tertiary/aromatic N) is 4. The van der Waals surface area contributed by atoms with Gasteiger partial charge in [-0.2, -0.15) is 8.42 Å². The van der Waals surface area contributed by atoms with E-state index in [9.17, 15) is 0 Å². The van der Waals surface area contributed by atoms with Gasteiger partial charge in [0, 0.05) is 50.1 Å². The van der Waals surface area contributed by atoms with E-state index in [0.717, 1.165) is 49.8 Å². The number of halogens is 3. The Bertz CT molecular complexity index is 1120. The molecule has 0 radical (unpaired) electrons. The Hall–Kier alpha value is -1.59. The van der Waals surface area contributed by atoms with E-state index in [2.05, 4.69) is 19.9 Å². The molecular formula is C18H20Cl3N5O3S. The highest BCUT2D eigenvalue weighted by Crippen LogP contribution is 2.29. The molecule has 162 valence electrons. The van der Waals surface area contributed by atoms with Crippen LogP contribution in [0.5, 0.6) is 0 Å². The zero-order valence-electron chi connectivity index (χ0n) is 15.7. The average Bonchev–Trinajstić information content (AvgIpc) is 3.02. The highest BCUT2D eigenvalue weighted by Gasteiger charge is 2.20. The van der Waals surface area contributed by atoms with Gasteiger partial charge >= 0.3 is 10.3 Å². The van der Waals surface area contributed by atoms with Crippen molar-refractivity contribution in [3.63, 3.8) is 0 Å². The van der Waals surface area contributed by atoms with Crippen LogP contribution >= 0.6 is 34.8 Å². The standard InChI is InChI=1S/C18H17Cl3N4.H3NO3S/c19-13-1-3-17(16(21)9-13)24-7-5-23(6-8-24)11-15-12-25-10-14(20)2-4-18(25)22-15;1-5(2,3)4/h1-4,9-10,12H,5-8,11H2;(H3,1,2,3,4). The number of piperazine rings is 1. The SMILES string of the molecule is Clc1ccc(N2CCN(Cc3cn4cc(Cl)ccc4n3)CC2)c(Cl)c1.NS(=O)(=O)O. The lowest BCUT2D eigenvalue weighted by Crippen LogP contribution is -2.46. The van der Waals surface area contributed by atoms with Crippen LogP contribution in [0, 0.1) is 0 Å². The number of aromatic nitrogens is 2. The molecule has 3 aromatic rings. The van der Waals surface area contributed by atoms with E-state index < -0.39 is 10.3 Å². The van der Waals surface area contributed by atoms with Gasteiger partial charge in [-0.1, -0.05) is 34.8 Å². The topological polar surface area (TPSA) is 104 Å². The van der Waals surface area contributed by atoms with E-state index in [1.807, 2.05) is 41.1 Å². The van der Waals surface area contributed by atoms with Gasteiger partial charge in [-0.05, 0) is 30.3 Å². The normalized spacial score (nSPS) is 15.2. The molecule has 1 aliphatic rings. The van der Waals surface area contributed by atoms with E-state index in [0.29, 0.717) is 15.1 Å². The lowest BCUT2D eigenvalue weighted by atomic mass is 10.2. The van der Waals surface area contributed by atoms with Gasteiger partial charge < -0.3 is 9.30 Å². The number of benzene rings is 1. The Labute approximate surface area is 189 Å². The predicted molar refractivity (Wildman–Crippen MR) is 120 cm³/mol. The Morgan fingerprint density at radius 1 is 1.00 bits per heavy atom.